The van der Waals surface area contributed by atoms with Crippen LogP contribution in [0.2, 0.25) is 0 Å². The van der Waals surface area contributed by atoms with Gasteiger partial charge in [-0.1, -0.05) is 0 Å². The fraction of sp³-hybridized carbons (Fsp3) is 0.750. The van der Waals surface area contributed by atoms with E-state index in [0.717, 1.165) is 32.8 Å². The van der Waals surface area contributed by atoms with Crippen molar-refractivity contribution >= 4 is 0 Å². The van der Waals surface area contributed by atoms with Crippen LogP contribution in [-0.2, 0) is 18.3 Å². The van der Waals surface area contributed by atoms with E-state index in [0.29, 0.717) is 6.10 Å². The van der Waals surface area contributed by atoms with Gasteiger partial charge in [-0.15, -0.1) is 0 Å². The fourth-order valence-corrected chi connectivity index (χ4v) is 2.08. The molecule has 0 aliphatic carbocycles. The lowest BCUT2D eigenvalue weighted by molar-refractivity contribution is -0.0182. The Morgan fingerprint density at radius 2 is 2.35 bits per heavy atom. The second-order valence-corrected chi connectivity index (χ2v) is 4.76. The molecule has 0 saturated carbocycles. The normalized spacial score (nSPS) is 21.9. The maximum Gasteiger partial charge on any atom is 0.0826 e. The highest BCUT2D eigenvalue weighted by molar-refractivity contribution is 5.15. The third kappa shape index (κ3) is 3.28. The first-order valence-corrected chi connectivity index (χ1v) is 6.15. The van der Waals surface area contributed by atoms with Crippen molar-refractivity contribution in [2.24, 2.45) is 7.05 Å². The zero-order chi connectivity index (χ0) is 12.3. The molecule has 1 N–H and O–H groups in total. The average Bonchev–Trinajstić information content (AvgIpc) is 2.61. The summed E-state index contributed by atoms with van der Waals surface area (Å²) in [5.41, 5.74) is 2.48. The van der Waals surface area contributed by atoms with Crippen LogP contribution in [0.25, 0.3) is 0 Å². The molecule has 1 fully saturated rings. The van der Waals surface area contributed by atoms with E-state index in [-0.39, 0.29) is 0 Å². The van der Waals surface area contributed by atoms with Crippen LogP contribution < -0.4 is 5.32 Å². The summed E-state index contributed by atoms with van der Waals surface area (Å²) in [7, 11) is 4.11. The molecule has 5 nitrogen and oxygen atoms in total. The number of morpholine rings is 1. The van der Waals surface area contributed by atoms with Crippen LogP contribution in [-0.4, -0.2) is 54.1 Å². The Hall–Kier alpha value is -0.910. The van der Waals surface area contributed by atoms with Gasteiger partial charge in [0.1, 0.15) is 0 Å². The molecule has 0 spiro atoms. The van der Waals surface area contributed by atoms with Crippen LogP contribution in [0.1, 0.15) is 11.3 Å². The quantitative estimate of drug-likeness (QED) is 0.811. The lowest BCUT2D eigenvalue weighted by atomic mass is 10.2. The number of nitrogens with one attached hydrogen (secondary N) is 1. The van der Waals surface area contributed by atoms with Gasteiger partial charge < -0.3 is 15.0 Å². The molecule has 1 aromatic heterocycles. The number of hydrogen-bond acceptors (Lipinski definition) is 4. The molecule has 0 bridgehead atoms. The van der Waals surface area contributed by atoms with Crippen molar-refractivity contribution in [3.05, 3.63) is 17.5 Å². The Morgan fingerprint density at radius 3 is 3.00 bits per heavy atom. The van der Waals surface area contributed by atoms with Crippen molar-refractivity contribution in [1.29, 1.82) is 0 Å². The molecule has 0 aromatic carbocycles. The monoisotopic (exact) mass is 238 g/mol. The number of rotatable bonds is 4. The molecule has 1 atom stereocenters. The molecular formula is C12H22N4O. The minimum Gasteiger partial charge on any atom is -0.374 e. The summed E-state index contributed by atoms with van der Waals surface area (Å²) in [6.45, 7) is 6.75. The Kier molecular flexibility index (Phi) is 4.15. The number of aromatic nitrogens is 2. The van der Waals surface area contributed by atoms with E-state index < -0.39 is 0 Å². The van der Waals surface area contributed by atoms with E-state index in [1.807, 2.05) is 17.9 Å². The Bertz CT molecular complexity index is 363. The van der Waals surface area contributed by atoms with Crippen molar-refractivity contribution < 1.29 is 4.74 Å². The van der Waals surface area contributed by atoms with Crippen molar-refractivity contribution in [3.8, 4) is 0 Å². The second kappa shape index (κ2) is 5.62. The van der Waals surface area contributed by atoms with Crippen LogP contribution in [0.5, 0.6) is 0 Å². The van der Waals surface area contributed by atoms with E-state index in [4.69, 9.17) is 4.74 Å². The van der Waals surface area contributed by atoms with Crippen LogP contribution in [0, 0.1) is 6.92 Å². The molecule has 0 amide bonds. The fourth-order valence-electron chi connectivity index (χ4n) is 2.08. The first-order chi connectivity index (χ1) is 8.16. The summed E-state index contributed by atoms with van der Waals surface area (Å²) < 4.78 is 7.60. The molecule has 1 aliphatic rings. The van der Waals surface area contributed by atoms with Crippen molar-refractivity contribution in [2.45, 2.75) is 19.6 Å². The summed E-state index contributed by atoms with van der Waals surface area (Å²) >= 11 is 0. The van der Waals surface area contributed by atoms with E-state index in [9.17, 15) is 0 Å². The van der Waals surface area contributed by atoms with Gasteiger partial charge in [0.2, 0.25) is 0 Å². The number of ether oxygens (including phenoxy) is 1. The van der Waals surface area contributed by atoms with Gasteiger partial charge in [0.05, 0.1) is 18.9 Å². The number of hydrogen-bond donors (Lipinski definition) is 1. The van der Waals surface area contributed by atoms with Gasteiger partial charge in [-0.25, -0.2) is 0 Å². The van der Waals surface area contributed by atoms with E-state index in [1.54, 1.807) is 0 Å². The molecule has 5 heteroatoms. The van der Waals surface area contributed by atoms with E-state index in [1.165, 1.54) is 11.3 Å². The molecule has 1 unspecified atom stereocenters. The van der Waals surface area contributed by atoms with Gasteiger partial charge >= 0.3 is 0 Å². The summed E-state index contributed by atoms with van der Waals surface area (Å²) in [5.74, 6) is 0. The zero-order valence-electron chi connectivity index (χ0n) is 10.9. The molecule has 1 aromatic rings. The van der Waals surface area contributed by atoms with Gasteiger partial charge in [-0.3, -0.25) is 4.68 Å². The van der Waals surface area contributed by atoms with Crippen LogP contribution in [0.15, 0.2) is 6.20 Å². The highest BCUT2D eigenvalue weighted by atomic mass is 16.5. The van der Waals surface area contributed by atoms with Gasteiger partial charge in [0.15, 0.2) is 0 Å². The SMILES string of the molecule is Cc1c(CNCC2CN(C)CCO2)cnn1C. The minimum atomic E-state index is 0.311. The maximum atomic E-state index is 5.70. The van der Waals surface area contributed by atoms with Gasteiger partial charge in [0, 0.05) is 44.5 Å². The molecule has 2 rings (SSSR count). The molecule has 2 heterocycles. The predicted molar refractivity (Wildman–Crippen MR) is 66.9 cm³/mol. The standard InChI is InChI=1S/C12H22N4O/c1-10-11(7-14-16(10)3)6-13-8-12-9-15(2)4-5-17-12/h7,12-13H,4-6,8-9H2,1-3H3. The van der Waals surface area contributed by atoms with Gasteiger partial charge in [-0.2, -0.15) is 5.10 Å². The number of likely N-dealkylation sites (N-methyl/N-ethyl adjacent to an activating group) is 1. The predicted octanol–water partition coefficient (Wildman–Crippen LogP) is 0.149. The number of nitrogens with zero attached hydrogens (tertiary/aromatic N) is 3. The molecule has 0 radical (unpaired) electrons. The minimum absolute atomic E-state index is 0.311. The lowest BCUT2D eigenvalue weighted by Crippen LogP contribution is -2.44. The molecule has 1 aliphatic heterocycles. The third-order valence-electron chi connectivity index (χ3n) is 3.37. The Labute approximate surface area is 103 Å². The number of aryl methyl sites for hydroxylation is 1. The van der Waals surface area contributed by atoms with Crippen molar-refractivity contribution in [2.75, 3.05) is 33.3 Å². The van der Waals surface area contributed by atoms with Gasteiger partial charge in [0.25, 0.3) is 0 Å². The molecule has 96 valence electrons. The topological polar surface area (TPSA) is 42.3 Å². The van der Waals surface area contributed by atoms with Crippen molar-refractivity contribution in [1.82, 2.24) is 20.0 Å². The zero-order valence-corrected chi connectivity index (χ0v) is 10.9. The first-order valence-electron chi connectivity index (χ1n) is 6.15. The Morgan fingerprint density at radius 1 is 1.53 bits per heavy atom. The largest absolute Gasteiger partial charge is 0.374 e. The van der Waals surface area contributed by atoms with Crippen LogP contribution >= 0.6 is 0 Å². The smallest absolute Gasteiger partial charge is 0.0826 e. The van der Waals surface area contributed by atoms with Crippen LogP contribution in [0.3, 0.4) is 0 Å². The lowest BCUT2D eigenvalue weighted by Gasteiger charge is -2.30. The molecular weight excluding hydrogens is 216 g/mol. The summed E-state index contributed by atoms with van der Waals surface area (Å²) in [6, 6.07) is 0. The summed E-state index contributed by atoms with van der Waals surface area (Å²) in [5, 5.41) is 7.67. The van der Waals surface area contributed by atoms with E-state index >= 15 is 0 Å². The highest BCUT2D eigenvalue weighted by Crippen LogP contribution is 2.06. The Balaban J connectivity index is 1.74. The molecule has 17 heavy (non-hydrogen) atoms. The first kappa shape index (κ1) is 12.5. The summed E-state index contributed by atoms with van der Waals surface area (Å²) in [6.07, 6.45) is 2.24. The van der Waals surface area contributed by atoms with E-state index in [2.05, 4.69) is 29.3 Å². The summed E-state index contributed by atoms with van der Waals surface area (Å²) in [4.78, 5) is 2.31. The maximum absolute atomic E-state index is 5.70. The molecule has 1 saturated heterocycles. The van der Waals surface area contributed by atoms with Crippen molar-refractivity contribution in [3.63, 3.8) is 0 Å². The van der Waals surface area contributed by atoms with Gasteiger partial charge in [-0.05, 0) is 14.0 Å². The second-order valence-electron chi connectivity index (χ2n) is 4.76. The van der Waals surface area contributed by atoms with Crippen LogP contribution in [0.4, 0.5) is 0 Å². The third-order valence-corrected chi connectivity index (χ3v) is 3.37. The average molecular weight is 238 g/mol. The highest BCUT2D eigenvalue weighted by Gasteiger charge is 2.17.